The van der Waals surface area contributed by atoms with Crippen LogP contribution in [0.25, 0.3) is 0 Å². The molecule has 0 aromatic rings. The average molecular weight is 248 g/mol. The van der Waals surface area contributed by atoms with Crippen LogP contribution in [0.4, 0.5) is 0 Å². The molecule has 13 heavy (non-hydrogen) atoms. The predicted octanol–water partition coefficient (Wildman–Crippen LogP) is 1.83. The van der Waals surface area contributed by atoms with Crippen molar-refractivity contribution in [2.45, 2.75) is 25.3 Å². The van der Waals surface area contributed by atoms with Crippen LogP contribution < -0.4 is 0 Å². The van der Waals surface area contributed by atoms with Gasteiger partial charge in [-0.2, -0.15) is 0 Å². The van der Waals surface area contributed by atoms with Gasteiger partial charge in [-0.15, -0.1) is 0 Å². The fraction of sp³-hybridized carbons (Fsp3) is 0.667. The number of carbonyl (C=O) groups is 1. The Hall–Kier alpha value is -0.350. The van der Waals surface area contributed by atoms with Gasteiger partial charge in [-0.05, 0) is 26.3 Å². The second kappa shape index (κ2) is 3.80. The Labute approximate surface area is 86.5 Å². The third kappa shape index (κ3) is 2.11. The van der Waals surface area contributed by atoms with Gasteiger partial charge in [0.15, 0.2) is 0 Å². The molecule has 1 fully saturated rings. The SMILES string of the molecule is C=C(Br)CN1CCCC1(C)C(=O)O. The molecule has 3 nitrogen and oxygen atoms in total. The first-order chi connectivity index (χ1) is 5.97. The number of aliphatic carboxylic acids is 1. The van der Waals surface area contributed by atoms with E-state index in [0.717, 1.165) is 23.9 Å². The molecular weight excluding hydrogens is 234 g/mol. The second-order valence-corrected chi connectivity index (χ2v) is 4.74. The standard InChI is InChI=1S/C9H14BrNO2/c1-7(10)6-11-5-3-4-9(11,2)8(12)13/h1,3-6H2,2H3,(H,12,13). The Balaban J connectivity index is 2.73. The number of likely N-dealkylation sites (tertiary alicyclic amines) is 1. The van der Waals surface area contributed by atoms with E-state index in [0.29, 0.717) is 6.54 Å². The molecule has 1 aliphatic heterocycles. The predicted molar refractivity (Wildman–Crippen MR) is 54.9 cm³/mol. The van der Waals surface area contributed by atoms with E-state index in [2.05, 4.69) is 22.5 Å². The van der Waals surface area contributed by atoms with Crippen LogP contribution in [0.1, 0.15) is 19.8 Å². The summed E-state index contributed by atoms with van der Waals surface area (Å²) < 4.78 is 0.835. The fourth-order valence-electron chi connectivity index (χ4n) is 1.72. The largest absolute Gasteiger partial charge is 0.480 e. The smallest absolute Gasteiger partial charge is 0.323 e. The van der Waals surface area contributed by atoms with Crippen LogP contribution in [-0.4, -0.2) is 34.6 Å². The third-order valence-electron chi connectivity index (χ3n) is 2.61. The molecule has 1 atom stereocenters. The summed E-state index contributed by atoms with van der Waals surface area (Å²) in [5.74, 6) is -0.737. The summed E-state index contributed by atoms with van der Waals surface area (Å²) in [7, 11) is 0. The van der Waals surface area contributed by atoms with Gasteiger partial charge >= 0.3 is 5.97 Å². The van der Waals surface area contributed by atoms with E-state index in [9.17, 15) is 4.79 Å². The summed E-state index contributed by atoms with van der Waals surface area (Å²) in [5.41, 5.74) is -0.698. The minimum absolute atomic E-state index is 0.614. The molecule has 74 valence electrons. The molecule has 1 saturated heterocycles. The Kier molecular flexibility index (Phi) is 3.14. The number of hydrogen-bond acceptors (Lipinski definition) is 2. The highest BCUT2D eigenvalue weighted by atomic mass is 79.9. The molecule has 0 saturated carbocycles. The van der Waals surface area contributed by atoms with Crippen molar-refractivity contribution < 1.29 is 9.90 Å². The second-order valence-electron chi connectivity index (χ2n) is 3.62. The van der Waals surface area contributed by atoms with Gasteiger partial charge in [0.2, 0.25) is 0 Å². The molecule has 1 aliphatic rings. The lowest BCUT2D eigenvalue weighted by Gasteiger charge is -2.30. The Morgan fingerprint density at radius 3 is 2.85 bits per heavy atom. The molecule has 0 aliphatic carbocycles. The van der Waals surface area contributed by atoms with Gasteiger partial charge < -0.3 is 5.11 Å². The highest BCUT2D eigenvalue weighted by Gasteiger charge is 2.42. The van der Waals surface area contributed by atoms with Crippen LogP contribution in [0.15, 0.2) is 11.1 Å². The Morgan fingerprint density at radius 1 is 1.77 bits per heavy atom. The van der Waals surface area contributed by atoms with Crippen LogP contribution in [0.3, 0.4) is 0 Å². The van der Waals surface area contributed by atoms with Gasteiger partial charge in [-0.1, -0.05) is 22.5 Å². The van der Waals surface area contributed by atoms with E-state index in [4.69, 9.17) is 5.11 Å². The minimum atomic E-state index is -0.737. The van der Waals surface area contributed by atoms with E-state index in [-0.39, 0.29) is 0 Å². The summed E-state index contributed by atoms with van der Waals surface area (Å²) in [6, 6.07) is 0. The molecule has 0 aromatic carbocycles. The molecule has 1 rings (SSSR count). The van der Waals surface area contributed by atoms with Crippen molar-refractivity contribution in [1.82, 2.24) is 4.90 Å². The number of nitrogens with zero attached hydrogens (tertiary/aromatic N) is 1. The zero-order valence-electron chi connectivity index (χ0n) is 7.72. The first-order valence-electron chi connectivity index (χ1n) is 4.28. The van der Waals surface area contributed by atoms with Crippen LogP contribution in [0.5, 0.6) is 0 Å². The lowest BCUT2D eigenvalue weighted by atomic mass is 9.99. The number of hydrogen-bond donors (Lipinski definition) is 1. The van der Waals surface area contributed by atoms with E-state index in [1.807, 2.05) is 4.90 Å². The van der Waals surface area contributed by atoms with Gasteiger partial charge in [-0.25, -0.2) is 0 Å². The highest BCUT2D eigenvalue weighted by molar-refractivity contribution is 9.11. The Morgan fingerprint density at radius 2 is 2.38 bits per heavy atom. The summed E-state index contributed by atoms with van der Waals surface area (Å²) in [4.78, 5) is 13.0. The van der Waals surface area contributed by atoms with Gasteiger partial charge in [-0.3, -0.25) is 9.69 Å². The Bertz CT molecular complexity index is 242. The average Bonchev–Trinajstić information content (AvgIpc) is 2.33. The molecule has 0 bridgehead atoms. The molecule has 1 unspecified atom stereocenters. The summed E-state index contributed by atoms with van der Waals surface area (Å²) in [5, 5.41) is 9.07. The molecule has 0 spiro atoms. The van der Waals surface area contributed by atoms with Crippen molar-refractivity contribution in [3.8, 4) is 0 Å². The fourth-order valence-corrected chi connectivity index (χ4v) is 2.02. The molecule has 0 radical (unpaired) electrons. The maximum Gasteiger partial charge on any atom is 0.323 e. The van der Waals surface area contributed by atoms with E-state index >= 15 is 0 Å². The molecule has 1 N–H and O–H groups in total. The van der Waals surface area contributed by atoms with Crippen molar-refractivity contribution in [2.24, 2.45) is 0 Å². The van der Waals surface area contributed by atoms with Gasteiger partial charge in [0.05, 0.1) is 0 Å². The molecule has 1 heterocycles. The van der Waals surface area contributed by atoms with Crippen molar-refractivity contribution in [3.05, 3.63) is 11.1 Å². The number of carboxylic acids is 1. The van der Waals surface area contributed by atoms with Crippen molar-refractivity contribution in [1.29, 1.82) is 0 Å². The maximum absolute atomic E-state index is 11.0. The number of halogens is 1. The van der Waals surface area contributed by atoms with Crippen molar-refractivity contribution in [3.63, 3.8) is 0 Å². The monoisotopic (exact) mass is 247 g/mol. The van der Waals surface area contributed by atoms with E-state index in [1.54, 1.807) is 6.92 Å². The molecular formula is C9H14BrNO2. The van der Waals surface area contributed by atoms with Crippen LogP contribution >= 0.6 is 15.9 Å². The lowest BCUT2D eigenvalue weighted by Crippen LogP contribution is -2.48. The topological polar surface area (TPSA) is 40.5 Å². The van der Waals surface area contributed by atoms with Crippen LogP contribution in [0.2, 0.25) is 0 Å². The molecule has 4 heteroatoms. The summed E-state index contributed by atoms with van der Waals surface area (Å²) in [6.45, 7) is 6.96. The first kappa shape index (κ1) is 10.7. The van der Waals surface area contributed by atoms with Crippen molar-refractivity contribution in [2.75, 3.05) is 13.1 Å². The third-order valence-corrected chi connectivity index (χ3v) is 2.86. The molecule has 0 aromatic heterocycles. The van der Waals surface area contributed by atoms with Crippen LogP contribution in [-0.2, 0) is 4.79 Å². The van der Waals surface area contributed by atoms with Crippen molar-refractivity contribution >= 4 is 21.9 Å². The van der Waals surface area contributed by atoms with Gasteiger partial charge in [0.1, 0.15) is 5.54 Å². The summed E-state index contributed by atoms with van der Waals surface area (Å²) >= 11 is 3.26. The number of carboxylic acid groups (broad SMARTS) is 1. The maximum atomic E-state index is 11.0. The van der Waals surface area contributed by atoms with Crippen LogP contribution in [0, 0.1) is 0 Å². The zero-order chi connectivity index (χ0) is 10.1. The van der Waals surface area contributed by atoms with Gasteiger partial charge in [0, 0.05) is 11.0 Å². The van der Waals surface area contributed by atoms with Gasteiger partial charge in [0.25, 0.3) is 0 Å². The highest BCUT2D eigenvalue weighted by Crippen LogP contribution is 2.30. The van der Waals surface area contributed by atoms with E-state index < -0.39 is 11.5 Å². The normalized spacial score (nSPS) is 29.1. The van der Waals surface area contributed by atoms with E-state index in [1.165, 1.54) is 0 Å². The first-order valence-corrected chi connectivity index (χ1v) is 5.08. The number of rotatable bonds is 3. The molecule has 0 amide bonds. The zero-order valence-corrected chi connectivity index (χ0v) is 9.30. The lowest BCUT2D eigenvalue weighted by molar-refractivity contribution is -0.148. The quantitative estimate of drug-likeness (QED) is 0.828. The summed E-state index contributed by atoms with van der Waals surface area (Å²) in [6.07, 6.45) is 1.67. The minimum Gasteiger partial charge on any atom is -0.480 e.